The summed E-state index contributed by atoms with van der Waals surface area (Å²) in [6, 6.07) is 13.8. The largest absolute Gasteiger partial charge is 0.497 e. The van der Waals surface area contributed by atoms with Gasteiger partial charge in [0.1, 0.15) is 17.8 Å². The van der Waals surface area contributed by atoms with Gasteiger partial charge in [0.2, 0.25) is 0 Å². The van der Waals surface area contributed by atoms with Crippen molar-refractivity contribution in [2.45, 2.75) is 6.42 Å². The van der Waals surface area contributed by atoms with Gasteiger partial charge in [0.15, 0.2) is 0 Å². The van der Waals surface area contributed by atoms with E-state index in [1.807, 2.05) is 36.4 Å². The average molecular weight is 295 g/mol. The molecule has 0 aliphatic rings. The number of hydrogen-bond acceptors (Lipinski definition) is 3. The number of hydrogen-bond donors (Lipinski definition) is 1. The maximum absolute atomic E-state index is 10.8. The Balaban J connectivity index is 2.14. The number of ether oxygens (including phenoxy) is 2. The fourth-order valence-corrected chi connectivity index (χ4v) is 2.67. The van der Waals surface area contributed by atoms with Crippen LogP contribution in [0.2, 0.25) is 0 Å². The van der Waals surface area contributed by atoms with Gasteiger partial charge in [-0.3, -0.25) is 0 Å². The molecule has 1 N–H and O–H groups in total. The Kier molecular flexibility index (Phi) is 3.83. The van der Waals surface area contributed by atoms with Crippen molar-refractivity contribution in [2.75, 3.05) is 14.2 Å². The van der Waals surface area contributed by atoms with Crippen molar-refractivity contribution in [3.05, 3.63) is 48.0 Å². The molecule has 0 aliphatic heterocycles. The number of carbonyl (C=O) groups is 1. The van der Waals surface area contributed by atoms with Crippen LogP contribution in [0.4, 0.5) is 0 Å². The molecular weight excluding hydrogens is 278 g/mol. The van der Waals surface area contributed by atoms with Crippen LogP contribution >= 0.6 is 0 Å². The van der Waals surface area contributed by atoms with Crippen molar-refractivity contribution < 1.29 is 14.3 Å². The normalized spacial score (nSPS) is 10.6. The SMILES string of the molecule is COc1ccc2[nH]c(-c3cccc(CC=O)c3OC)cc2c1. The third kappa shape index (κ3) is 2.44. The van der Waals surface area contributed by atoms with E-state index in [2.05, 4.69) is 11.1 Å². The van der Waals surface area contributed by atoms with Gasteiger partial charge in [-0.05, 0) is 30.3 Å². The molecule has 4 nitrogen and oxygen atoms in total. The number of benzene rings is 2. The molecule has 1 aromatic heterocycles. The Hall–Kier alpha value is -2.75. The van der Waals surface area contributed by atoms with Crippen molar-refractivity contribution in [2.24, 2.45) is 0 Å². The summed E-state index contributed by atoms with van der Waals surface area (Å²) in [4.78, 5) is 14.2. The Morgan fingerprint density at radius 3 is 2.68 bits per heavy atom. The first-order valence-corrected chi connectivity index (χ1v) is 7.03. The average Bonchev–Trinajstić information content (AvgIpc) is 2.97. The van der Waals surface area contributed by atoms with Gasteiger partial charge in [0.25, 0.3) is 0 Å². The predicted octanol–water partition coefficient (Wildman–Crippen LogP) is 3.59. The summed E-state index contributed by atoms with van der Waals surface area (Å²) < 4.78 is 10.8. The molecule has 3 aromatic rings. The van der Waals surface area contributed by atoms with Crippen LogP contribution in [0.3, 0.4) is 0 Å². The lowest BCUT2D eigenvalue weighted by atomic mass is 10.0. The lowest BCUT2D eigenvalue weighted by Gasteiger charge is -2.11. The number of aromatic nitrogens is 1. The van der Waals surface area contributed by atoms with Crippen molar-refractivity contribution in [1.29, 1.82) is 0 Å². The van der Waals surface area contributed by atoms with Gasteiger partial charge in [-0.15, -0.1) is 0 Å². The standard InChI is InChI=1S/C18H17NO3/c1-21-14-6-7-16-13(10-14)11-17(19-16)15-5-3-4-12(8-9-20)18(15)22-2/h3-7,9-11,19H,8H2,1-2H3. The van der Waals surface area contributed by atoms with E-state index in [4.69, 9.17) is 9.47 Å². The minimum absolute atomic E-state index is 0.338. The van der Waals surface area contributed by atoms with Crippen molar-refractivity contribution in [1.82, 2.24) is 4.98 Å². The quantitative estimate of drug-likeness (QED) is 0.732. The summed E-state index contributed by atoms with van der Waals surface area (Å²) in [5.41, 5.74) is 3.80. The van der Waals surface area contributed by atoms with E-state index in [0.29, 0.717) is 6.42 Å². The van der Waals surface area contributed by atoms with Gasteiger partial charge in [-0.1, -0.05) is 12.1 Å². The zero-order valence-electron chi connectivity index (χ0n) is 12.6. The second-order valence-electron chi connectivity index (χ2n) is 5.00. The van der Waals surface area contributed by atoms with E-state index in [1.165, 1.54) is 0 Å². The molecule has 0 unspecified atom stereocenters. The molecule has 1 heterocycles. The number of nitrogens with one attached hydrogen (secondary N) is 1. The Bertz CT molecular complexity index is 820. The van der Waals surface area contributed by atoms with Gasteiger partial charge < -0.3 is 19.3 Å². The molecule has 0 radical (unpaired) electrons. The van der Waals surface area contributed by atoms with Crippen LogP contribution in [0.25, 0.3) is 22.2 Å². The highest BCUT2D eigenvalue weighted by molar-refractivity contribution is 5.88. The van der Waals surface area contributed by atoms with Crippen LogP contribution in [0, 0.1) is 0 Å². The molecule has 2 aromatic carbocycles. The molecule has 0 spiro atoms. The van der Waals surface area contributed by atoms with Gasteiger partial charge in [-0.25, -0.2) is 0 Å². The molecule has 3 rings (SSSR count). The van der Waals surface area contributed by atoms with Gasteiger partial charge in [-0.2, -0.15) is 0 Å². The highest BCUT2D eigenvalue weighted by atomic mass is 16.5. The first-order chi connectivity index (χ1) is 10.8. The lowest BCUT2D eigenvalue weighted by molar-refractivity contribution is -0.107. The van der Waals surface area contributed by atoms with E-state index in [-0.39, 0.29) is 0 Å². The van der Waals surface area contributed by atoms with E-state index in [1.54, 1.807) is 14.2 Å². The van der Waals surface area contributed by atoms with E-state index in [0.717, 1.165) is 45.5 Å². The fourth-order valence-electron chi connectivity index (χ4n) is 2.67. The number of aromatic amines is 1. The van der Waals surface area contributed by atoms with Crippen LogP contribution in [0.5, 0.6) is 11.5 Å². The number of rotatable bonds is 5. The van der Waals surface area contributed by atoms with Gasteiger partial charge in [0, 0.05) is 28.5 Å². The minimum atomic E-state index is 0.338. The zero-order valence-corrected chi connectivity index (χ0v) is 12.6. The molecule has 0 saturated heterocycles. The third-order valence-electron chi connectivity index (χ3n) is 3.72. The maximum atomic E-state index is 10.8. The number of fused-ring (bicyclic) bond motifs is 1. The number of para-hydroxylation sites is 1. The van der Waals surface area contributed by atoms with E-state index in [9.17, 15) is 4.79 Å². The fraction of sp³-hybridized carbons (Fsp3) is 0.167. The van der Waals surface area contributed by atoms with Crippen LogP contribution in [-0.4, -0.2) is 25.5 Å². The Morgan fingerprint density at radius 2 is 1.95 bits per heavy atom. The highest BCUT2D eigenvalue weighted by Crippen LogP contribution is 2.35. The molecule has 22 heavy (non-hydrogen) atoms. The molecule has 0 saturated carbocycles. The van der Waals surface area contributed by atoms with Crippen LogP contribution < -0.4 is 9.47 Å². The Morgan fingerprint density at radius 1 is 1.09 bits per heavy atom. The monoisotopic (exact) mass is 295 g/mol. The topological polar surface area (TPSA) is 51.3 Å². The van der Waals surface area contributed by atoms with Crippen LogP contribution in [-0.2, 0) is 11.2 Å². The van der Waals surface area contributed by atoms with Gasteiger partial charge in [0.05, 0.1) is 19.9 Å². The number of H-pyrrole nitrogens is 1. The summed E-state index contributed by atoms with van der Waals surface area (Å²) in [6.07, 6.45) is 1.22. The summed E-state index contributed by atoms with van der Waals surface area (Å²) in [6.45, 7) is 0. The van der Waals surface area contributed by atoms with Gasteiger partial charge >= 0.3 is 0 Å². The van der Waals surface area contributed by atoms with E-state index < -0.39 is 0 Å². The molecule has 0 atom stereocenters. The zero-order chi connectivity index (χ0) is 15.5. The van der Waals surface area contributed by atoms with Crippen molar-refractivity contribution >= 4 is 17.2 Å². The number of aldehydes is 1. The summed E-state index contributed by atoms with van der Waals surface area (Å²) >= 11 is 0. The first-order valence-electron chi connectivity index (χ1n) is 7.03. The first kappa shape index (κ1) is 14.2. The molecule has 0 amide bonds. The molecule has 4 heteroatoms. The predicted molar refractivity (Wildman–Crippen MR) is 86.6 cm³/mol. The highest BCUT2D eigenvalue weighted by Gasteiger charge is 2.13. The number of methoxy groups -OCH3 is 2. The smallest absolute Gasteiger partial charge is 0.131 e. The van der Waals surface area contributed by atoms with Crippen molar-refractivity contribution in [3.63, 3.8) is 0 Å². The minimum Gasteiger partial charge on any atom is -0.497 e. The van der Waals surface area contributed by atoms with Crippen LogP contribution in [0.15, 0.2) is 42.5 Å². The molecule has 112 valence electrons. The molecule has 0 fully saturated rings. The second-order valence-corrected chi connectivity index (χ2v) is 5.00. The van der Waals surface area contributed by atoms with Crippen LogP contribution in [0.1, 0.15) is 5.56 Å². The lowest BCUT2D eigenvalue weighted by Crippen LogP contribution is -1.95. The summed E-state index contributed by atoms with van der Waals surface area (Å²) in [5.74, 6) is 1.55. The molecular formula is C18H17NO3. The maximum Gasteiger partial charge on any atom is 0.131 e. The second kappa shape index (κ2) is 5.93. The summed E-state index contributed by atoms with van der Waals surface area (Å²) in [7, 11) is 3.28. The Labute approximate surface area is 128 Å². The third-order valence-corrected chi connectivity index (χ3v) is 3.72. The molecule has 0 aliphatic carbocycles. The number of carbonyl (C=O) groups excluding carboxylic acids is 1. The molecule has 0 bridgehead atoms. The summed E-state index contributed by atoms with van der Waals surface area (Å²) in [5, 5.41) is 1.07. The van der Waals surface area contributed by atoms with E-state index >= 15 is 0 Å². The van der Waals surface area contributed by atoms with Crippen molar-refractivity contribution in [3.8, 4) is 22.8 Å².